The molecule has 2 fully saturated rings. The van der Waals surface area contributed by atoms with Crippen LogP contribution in [0.1, 0.15) is 55.3 Å². The molecular formula is C18H25NO5S2. The van der Waals surface area contributed by atoms with Gasteiger partial charge in [-0.15, -0.1) is 0 Å². The van der Waals surface area contributed by atoms with Gasteiger partial charge >= 0.3 is 0 Å². The summed E-state index contributed by atoms with van der Waals surface area (Å²) < 4.78 is 48.7. The molecule has 0 unspecified atom stereocenters. The van der Waals surface area contributed by atoms with E-state index >= 15 is 0 Å². The van der Waals surface area contributed by atoms with Gasteiger partial charge in [-0.1, -0.05) is 31.7 Å². The van der Waals surface area contributed by atoms with Crippen molar-refractivity contribution in [2.45, 2.75) is 61.1 Å². The maximum atomic E-state index is 12.7. The Hall–Kier alpha value is -1.41. The molecule has 1 aromatic carbocycles. The quantitative estimate of drug-likeness (QED) is 0.782. The fourth-order valence-electron chi connectivity index (χ4n) is 3.70. The van der Waals surface area contributed by atoms with Crippen LogP contribution in [-0.2, 0) is 19.7 Å². The smallest absolute Gasteiger partial charge is 0.251 e. The first-order chi connectivity index (χ1) is 12.3. The van der Waals surface area contributed by atoms with E-state index in [1.807, 2.05) is 0 Å². The summed E-state index contributed by atoms with van der Waals surface area (Å²) in [6, 6.07) is 6.06. The topological polar surface area (TPSA) is 97.4 Å². The summed E-state index contributed by atoms with van der Waals surface area (Å²) >= 11 is 0. The lowest BCUT2D eigenvalue weighted by molar-refractivity contribution is 0.0933. The second-order valence-corrected chi connectivity index (χ2v) is 11.7. The number of rotatable bonds is 4. The largest absolute Gasteiger partial charge is 0.349 e. The Balaban J connectivity index is 1.76. The number of benzene rings is 1. The molecular weight excluding hydrogens is 374 g/mol. The van der Waals surface area contributed by atoms with Crippen molar-refractivity contribution in [2.75, 3.05) is 11.5 Å². The first-order valence-corrected chi connectivity index (χ1v) is 12.5. The monoisotopic (exact) mass is 399 g/mol. The molecule has 0 radical (unpaired) electrons. The third-order valence-electron chi connectivity index (χ3n) is 5.24. The van der Waals surface area contributed by atoms with E-state index in [1.54, 1.807) is 12.1 Å². The average molecular weight is 400 g/mol. The predicted molar refractivity (Wildman–Crippen MR) is 99.6 cm³/mol. The number of nitrogens with one attached hydrogen (secondary N) is 1. The highest BCUT2D eigenvalue weighted by atomic mass is 32.2. The number of hydrogen-bond donors (Lipinski definition) is 1. The Morgan fingerprint density at radius 1 is 1.04 bits per heavy atom. The summed E-state index contributed by atoms with van der Waals surface area (Å²) in [5.74, 6) is -0.708. The van der Waals surface area contributed by atoms with E-state index in [9.17, 15) is 21.6 Å². The van der Waals surface area contributed by atoms with E-state index in [2.05, 4.69) is 5.32 Å². The number of carbonyl (C=O) groups excluding carboxylic acids is 1. The van der Waals surface area contributed by atoms with Gasteiger partial charge in [-0.2, -0.15) is 0 Å². The Labute approximate surface area is 155 Å². The fraction of sp³-hybridized carbons (Fsp3) is 0.611. The molecule has 0 bridgehead atoms. The van der Waals surface area contributed by atoms with Crippen molar-refractivity contribution in [3.05, 3.63) is 29.8 Å². The minimum absolute atomic E-state index is 0.0214. The van der Waals surface area contributed by atoms with E-state index < -0.39 is 24.9 Å². The molecule has 1 aliphatic carbocycles. The summed E-state index contributed by atoms with van der Waals surface area (Å²) in [6.07, 6.45) is 6.57. The normalized spacial score (nSPS) is 24.1. The number of amides is 1. The summed E-state index contributed by atoms with van der Waals surface area (Å²) in [4.78, 5) is 12.5. The van der Waals surface area contributed by atoms with Gasteiger partial charge in [0.05, 0.1) is 21.7 Å². The van der Waals surface area contributed by atoms with Gasteiger partial charge in [-0.3, -0.25) is 4.79 Å². The summed E-state index contributed by atoms with van der Waals surface area (Å²) in [7, 11) is -7.06. The third-order valence-corrected chi connectivity index (χ3v) is 9.41. The Morgan fingerprint density at radius 3 is 2.35 bits per heavy atom. The lowest BCUT2D eigenvalue weighted by Gasteiger charge is -2.17. The van der Waals surface area contributed by atoms with Crippen LogP contribution in [0.2, 0.25) is 0 Å². The molecule has 1 aromatic rings. The molecule has 1 N–H and O–H groups in total. The minimum atomic E-state index is -3.76. The second-order valence-electron chi connectivity index (χ2n) is 7.26. The van der Waals surface area contributed by atoms with Crippen molar-refractivity contribution < 1.29 is 21.6 Å². The van der Waals surface area contributed by atoms with E-state index in [4.69, 9.17) is 0 Å². The van der Waals surface area contributed by atoms with Gasteiger partial charge in [0.25, 0.3) is 5.91 Å². The Kier molecular flexibility index (Phi) is 5.72. The zero-order chi connectivity index (χ0) is 18.8. The molecule has 1 saturated heterocycles. The number of hydrogen-bond acceptors (Lipinski definition) is 5. The van der Waals surface area contributed by atoms with Gasteiger partial charge in [0.15, 0.2) is 19.7 Å². The molecule has 2 aliphatic rings. The van der Waals surface area contributed by atoms with Crippen LogP contribution in [-0.4, -0.2) is 45.5 Å². The standard InChI is InChI=1S/C18H25NO5S2/c20-18(19-15-7-3-1-2-4-8-15)14-6-5-9-16(12-14)26(23,24)17-10-11-25(21,22)13-17/h5-6,9,12,15,17H,1-4,7-8,10-11,13H2,(H,19,20)/t17-/m0/s1. The summed E-state index contributed by atoms with van der Waals surface area (Å²) in [5.41, 5.74) is 0.302. The van der Waals surface area contributed by atoms with Gasteiger partial charge < -0.3 is 5.32 Å². The zero-order valence-corrected chi connectivity index (χ0v) is 16.3. The van der Waals surface area contributed by atoms with Crippen molar-refractivity contribution in [1.29, 1.82) is 0 Å². The van der Waals surface area contributed by atoms with Crippen LogP contribution >= 0.6 is 0 Å². The molecule has 1 atom stereocenters. The van der Waals surface area contributed by atoms with Crippen molar-refractivity contribution in [3.63, 3.8) is 0 Å². The molecule has 26 heavy (non-hydrogen) atoms. The van der Waals surface area contributed by atoms with Crippen molar-refractivity contribution >= 4 is 25.6 Å². The van der Waals surface area contributed by atoms with E-state index in [0.29, 0.717) is 5.56 Å². The van der Waals surface area contributed by atoms with Crippen molar-refractivity contribution in [3.8, 4) is 0 Å². The van der Waals surface area contributed by atoms with Crippen LogP contribution in [0.15, 0.2) is 29.2 Å². The molecule has 0 aromatic heterocycles. The second kappa shape index (κ2) is 7.68. The van der Waals surface area contributed by atoms with Crippen LogP contribution < -0.4 is 5.32 Å². The molecule has 8 heteroatoms. The first-order valence-electron chi connectivity index (χ1n) is 9.13. The highest BCUT2D eigenvalue weighted by molar-refractivity contribution is 7.96. The molecule has 0 spiro atoms. The molecule has 1 saturated carbocycles. The van der Waals surface area contributed by atoms with Gasteiger partial charge in [0.2, 0.25) is 0 Å². The van der Waals surface area contributed by atoms with Crippen LogP contribution in [0.5, 0.6) is 0 Å². The fourth-order valence-corrected chi connectivity index (χ4v) is 8.11. The molecule has 3 rings (SSSR count). The first kappa shape index (κ1) is 19.4. The molecule has 144 valence electrons. The average Bonchev–Trinajstić information content (AvgIpc) is 2.81. The van der Waals surface area contributed by atoms with Gasteiger partial charge in [0.1, 0.15) is 0 Å². The van der Waals surface area contributed by atoms with E-state index in [0.717, 1.165) is 25.7 Å². The predicted octanol–water partition coefficient (Wildman–Crippen LogP) is 2.10. The van der Waals surface area contributed by atoms with Crippen molar-refractivity contribution in [1.82, 2.24) is 5.32 Å². The lowest BCUT2D eigenvalue weighted by atomic mass is 10.1. The lowest BCUT2D eigenvalue weighted by Crippen LogP contribution is -2.34. The van der Waals surface area contributed by atoms with Crippen LogP contribution in [0.4, 0.5) is 0 Å². The van der Waals surface area contributed by atoms with E-state index in [-0.39, 0.29) is 34.8 Å². The summed E-state index contributed by atoms with van der Waals surface area (Å²) in [6.45, 7) is 0. The van der Waals surface area contributed by atoms with Crippen LogP contribution in [0.25, 0.3) is 0 Å². The zero-order valence-electron chi connectivity index (χ0n) is 14.7. The maximum absolute atomic E-state index is 12.7. The SMILES string of the molecule is O=C(NC1CCCCCC1)c1cccc(S(=O)(=O)[C@H]2CCS(=O)(=O)C2)c1. The van der Waals surface area contributed by atoms with Gasteiger partial charge in [-0.25, -0.2) is 16.8 Å². The van der Waals surface area contributed by atoms with Crippen LogP contribution in [0, 0.1) is 0 Å². The molecule has 1 heterocycles. The highest BCUT2D eigenvalue weighted by Crippen LogP contribution is 2.26. The minimum Gasteiger partial charge on any atom is -0.349 e. The highest BCUT2D eigenvalue weighted by Gasteiger charge is 2.38. The third kappa shape index (κ3) is 4.46. The number of carbonyl (C=O) groups is 1. The Morgan fingerprint density at radius 2 is 1.73 bits per heavy atom. The van der Waals surface area contributed by atoms with Crippen LogP contribution in [0.3, 0.4) is 0 Å². The Bertz CT molecular complexity index is 869. The van der Waals surface area contributed by atoms with Crippen molar-refractivity contribution in [2.24, 2.45) is 0 Å². The van der Waals surface area contributed by atoms with E-state index in [1.165, 1.54) is 25.0 Å². The van der Waals surface area contributed by atoms with Gasteiger partial charge in [-0.05, 0) is 37.5 Å². The van der Waals surface area contributed by atoms with Gasteiger partial charge in [0, 0.05) is 11.6 Å². The molecule has 1 amide bonds. The molecule has 6 nitrogen and oxygen atoms in total. The maximum Gasteiger partial charge on any atom is 0.251 e. The summed E-state index contributed by atoms with van der Waals surface area (Å²) in [5, 5.41) is 2.08. The molecule has 1 aliphatic heterocycles. The number of sulfone groups is 2.